The van der Waals surface area contributed by atoms with E-state index < -0.39 is 36.6 Å². The summed E-state index contributed by atoms with van der Waals surface area (Å²) in [4.78, 5) is 37.6. The fourth-order valence-electron chi connectivity index (χ4n) is 2.52. The van der Waals surface area contributed by atoms with Crippen LogP contribution < -0.4 is 26.4 Å². The van der Waals surface area contributed by atoms with Gasteiger partial charge in [-0.15, -0.1) is 5.53 Å². The molecule has 0 radical (unpaired) electrons. The van der Waals surface area contributed by atoms with Crippen molar-refractivity contribution in [1.82, 2.24) is 21.2 Å². The lowest BCUT2D eigenvalue weighted by molar-refractivity contribution is -0.147. The third kappa shape index (κ3) is 8.37. The quantitative estimate of drug-likeness (QED) is 0.314. The standard InChI is InChI=1S/C21H24ClF2N5O5/c1-21(2,17(30)31)12-29(19(32)25-11-13-3-5-14(22)6-4-13)20(33)27-28-26-15-7-9-16(10-8-15)34-18(23)24/h3-10,18,26,28H,11-12H2,1-2H3,(H,25,32)(H,27,33)(H,30,31). The second-order valence-electron chi connectivity index (χ2n) is 7.64. The highest BCUT2D eigenvalue weighted by atomic mass is 35.5. The SMILES string of the molecule is CC(C)(CN(C(=O)NCc1ccc(Cl)cc1)C(=O)NNNc1ccc(OC(F)F)cc1)C(=O)O. The Morgan fingerprint density at radius 3 is 2.24 bits per heavy atom. The maximum Gasteiger partial charge on any atom is 0.387 e. The summed E-state index contributed by atoms with van der Waals surface area (Å²) in [5, 5.41) is 12.5. The summed E-state index contributed by atoms with van der Waals surface area (Å²) in [6, 6.07) is 10.3. The molecule has 0 aromatic heterocycles. The number of carboxylic acids is 1. The van der Waals surface area contributed by atoms with Crippen molar-refractivity contribution in [2.24, 2.45) is 5.41 Å². The number of anilines is 1. The number of aliphatic carboxylic acids is 1. The van der Waals surface area contributed by atoms with Gasteiger partial charge in [0.1, 0.15) is 5.75 Å². The zero-order valence-electron chi connectivity index (χ0n) is 18.3. The molecule has 10 nitrogen and oxygen atoms in total. The molecule has 0 aliphatic heterocycles. The number of benzene rings is 2. The van der Waals surface area contributed by atoms with Gasteiger partial charge >= 0.3 is 24.6 Å². The van der Waals surface area contributed by atoms with Crippen molar-refractivity contribution < 1.29 is 33.0 Å². The Labute approximate surface area is 199 Å². The molecule has 0 atom stereocenters. The summed E-state index contributed by atoms with van der Waals surface area (Å²) >= 11 is 5.84. The number of alkyl halides is 2. The van der Waals surface area contributed by atoms with Gasteiger partial charge in [0.05, 0.1) is 11.1 Å². The van der Waals surface area contributed by atoms with Crippen molar-refractivity contribution in [2.45, 2.75) is 27.0 Å². The minimum absolute atomic E-state index is 0.0518. The van der Waals surface area contributed by atoms with Gasteiger partial charge in [-0.25, -0.2) is 14.5 Å². The molecule has 0 spiro atoms. The van der Waals surface area contributed by atoms with Crippen molar-refractivity contribution in [1.29, 1.82) is 0 Å². The minimum atomic E-state index is -2.96. The summed E-state index contributed by atoms with van der Waals surface area (Å²) in [5.74, 6) is -1.25. The van der Waals surface area contributed by atoms with Crippen molar-refractivity contribution in [2.75, 3.05) is 12.0 Å². The molecule has 13 heteroatoms. The van der Waals surface area contributed by atoms with Crippen LogP contribution in [0.2, 0.25) is 5.02 Å². The molecule has 2 rings (SSSR count). The largest absolute Gasteiger partial charge is 0.481 e. The van der Waals surface area contributed by atoms with Gasteiger partial charge in [-0.05, 0) is 55.8 Å². The molecule has 0 aliphatic rings. The average Bonchev–Trinajstić information content (AvgIpc) is 2.77. The van der Waals surface area contributed by atoms with E-state index in [0.29, 0.717) is 15.6 Å². The van der Waals surface area contributed by atoms with E-state index >= 15 is 0 Å². The number of ether oxygens (including phenoxy) is 1. The lowest BCUT2D eigenvalue weighted by atomic mass is 9.93. The molecule has 0 aliphatic carbocycles. The topological polar surface area (TPSA) is 132 Å². The summed E-state index contributed by atoms with van der Waals surface area (Å²) in [7, 11) is 0. The number of hydrogen-bond acceptors (Lipinski definition) is 6. The molecule has 4 amide bonds. The summed E-state index contributed by atoms with van der Waals surface area (Å²) in [5.41, 5.74) is 6.86. The molecule has 0 fully saturated rings. The zero-order chi connectivity index (χ0) is 25.3. The van der Waals surface area contributed by atoms with E-state index in [0.717, 1.165) is 5.56 Å². The highest BCUT2D eigenvalue weighted by Crippen LogP contribution is 2.19. The second-order valence-corrected chi connectivity index (χ2v) is 8.08. The van der Waals surface area contributed by atoms with E-state index in [4.69, 9.17) is 11.6 Å². The number of carbonyl (C=O) groups excluding carboxylic acids is 2. The molecular formula is C21H24ClF2N5O5. The van der Waals surface area contributed by atoms with Crippen molar-refractivity contribution in [3.8, 4) is 5.75 Å². The first-order valence-corrected chi connectivity index (χ1v) is 10.2. The van der Waals surface area contributed by atoms with E-state index in [1.54, 1.807) is 24.3 Å². The molecule has 0 saturated carbocycles. The lowest BCUT2D eigenvalue weighted by Crippen LogP contribution is -2.56. The van der Waals surface area contributed by atoms with Crippen LogP contribution in [-0.2, 0) is 11.3 Å². The molecule has 184 valence electrons. The Kier molecular flexibility index (Phi) is 9.39. The smallest absolute Gasteiger partial charge is 0.387 e. The fraction of sp³-hybridized carbons (Fsp3) is 0.286. The normalized spacial score (nSPS) is 11.0. The third-order valence-corrected chi connectivity index (χ3v) is 4.69. The molecule has 0 unspecified atom stereocenters. The Hall–Kier alpha value is -3.64. The van der Waals surface area contributed by atoms with Crippen LogP contribution in [0.3, 0.4) is 0 Å². The number of hydrogen-bond donors (Lipinski definition) is 5. The molecule has 0 heterocycles. The minimum Gasteiger partial charge on any atom is -0.481 e. The molecular weight excluding hydrogens is 476 g/mol. The average molecular weight is 500 g/mol. The van der Waals surface area contributed by atoms with Gasteiger partial charge in [-0.2, -0.15) is 8.78 Å². The maximum atomic E-state index is 12.7. The summed E-state index contributed by atoms with van der Waals surface area (Å²) in [6.45, 7) is -0.565. The van der Waals surface area contributed by atoms with Gasteiger partial charge in [0.25, 0.3) is 0 Å². The van der Waals surface area contributed by atoms with Gasteiger partial charge in [-0.3, -0.25) is 10.2 Å². The fourth-order valence-corrected chi connectivity index (χ4v) is 2.64. The van der Waals surface area contributed by atoms with E-state index in [1.807, 2.05) is 0 Å². The predicted octanol–water partition coefficient (Wildman–Crippen LogP) is 3.81. The van der Waals surface area contributed by atoms with Crippen LogP contribution in [-0.4, -0.2) is 41.2 Å². The number of nitrogens with zero attached hydrogens (tertiary/aromatic N) is 1. The van der Waals surface area contributed by atoms with Crippen LogP contribution in [0.4, 0.5) is 24.1 Å². The number of halogens is 3. The number of urea groups is 2. The molecule has 5 N–H and O–H groups in total. The van der Waals surface area contributed by atoms with E-state index in [9.17, 15) is 28.3 Å². The van der Waals surface area contributed by atoms with Gasteiger partial charge in [0, 0.05) is 18.1 Å². The van der Waals surface area contributed by atoms with Crippen LogP contribution in [0, 0.1) is 5.41 Å². The number of hydrazine groups is 2. The van der Waals surface area contributed by atoms with Gasteiger partial charge in [0.2, 0.25) is 0 Å². The number of amides is 4. The second kappa shape index (κ2) is 12.0. The molecule has 0 bridgehead atoms. The van der Waals surface area contributed by atoms with Crippen LogP contribution in [0.25, 0.3) is 0 Å². The maximum absolute atomic E-state index is 12.7. The highest BCUT2D eigenvalue weighted by molar-refractivity contribution is 6.30. The first-order valence-electron chi connectivity index (χ1n) is 9.87. The monoisotopic (exact) mass is 499 g/mol. The Morgan fingerprint density at radius 1 is 1.06 bits per heavy atom. The Morgan fingerprint density at radius 2 is 1.68 bits per heavy atom. The Balaban J connectivity index is 1.99. The van der Waals surface area contributed by atoms with Crippen LogP contribution in [0.15, 0.2) is 48.5 Å². The number of carboxylic acid groups (broad SMARTS) is 1. The van der Waals surface area contributed by atoms with Crippen LogP contribution in [0.1, 0.15) is 19.4 Å². The lowest BCUT2D eigenvalue weighted by Gasteiger charge is -2.28. The van der Waals surface area contributed by atoms with E-state index in [-0.39, 0.29) is 12.3 Å². The molecule has 0 saturated heterocycles. The van der Waals surface area contributed by atoms with Gasteiger partial charge in [-0.1, -0.05) is 23.7 Å². The number of carbonyl (C=O) groups is 3. The van der Waals surface area contributed by atoms with E-state index in [1.165, 1.54) is 38.1 Å². The highest BCUT2D eigenvalue weighted by Gasteiger charge is 2.35. The van der Waals surface area contributed by atoms with Gasteiger partial charge in [0.15, 0.2) is 0 Å². The predicted molar refractivity (Wildman–Crippen MR) is 120 cm³/mol. The van der Waals surface area contributed by atoms with Crippen molar-refractivity contribution in [3.05, 3.63) is 59.1 Å². The summed E-state index contributed by atoms with van der Waals surface area (Å²) in [6.07, 6.45) is 0. The molecule has 2 aromatic carbocycles. The van der Waals surface area contributed by atoms with Crippen LogP contribution >= 0.6 is 11.6 Å². The number of imide groups is 1. The van der Waals surface area contributed by atoms with Crippen molar-refractivity contribution in [3.63, 3.8) is 0 Å². The first kappa shape index (κ1) is 26.6. The van der Waals surface area contributed by atoms with Crippen molar-refractivity contribution >= 4 is 35.3 Å². The molecule has 34 heavy (non-hydrogen) atoms. The van der Waals surface area contributed by atoms with E-state index in [2.05, 4.69) is 26.4 Å². The first-order chi connectivity index (χ1) is 16.0. The third-order valence-electron chi connectivity index (χ3n) is 4.44. The number of rotatable bonds is 10. The molecule has 2 aromatic rings. The van der Waals surface area contributed by atoms with Crippen LogP contribution in [0.5, 0.6) is 5.75 Å². The zero-order valence-corrected chi connectivity index (χ0v) is 19.0. The Bertz CT molecular complexity index is 990. The number of nitrogens with one attached hydrogen (secondary N) is 4. The van der Waals surface area contributed by atoms with Gasteiger partial charge < -0.3 is 20.6 Å². The summed E-state index contributed by atoms with van der Waals surface area (Å²) < 4.78 is 28.7.